The van der Waals surface area contributed by atoms with Crippen molar-refractivity contribution >= 4 is 17.5 Å². The lowest BCUT2D eigenvalue weighted by Crippen LogP contribution is -2.06. The first kappa shape index (κ1) is 16.8. The third-order valence-electron chi connectivity index (χ3n) is 4.34. The van der Waals surface area contributed by atoms with Gasteiger partial charge in [0.05, 0.1) is 7.11 Å². The lowest BCUT2D eigenvalue weighted by Gasteiger charge is -2.15. The van der Waals surface area contributed by atoms with Crippen LogP contribution >= 0.6 is 0 Å². The van der Waals surface area contributed by atoms with Crippen molar-refractivity contribution in [1.29, 1.82) is 0 Å². The zero-order chi connectivity index (χ0) is 17.6. The molecule has 0 aromatic heterocycles. The van der Waals surface area contributed by atoms with Gasteiger partial charge in [-0.1, -0.05) is 18.2 Å². The molecule has 1 heterocycles. The molecule has 25 heavy (non-hydrogen) atoms. The molecular formula is C21H22N2O2. The van der Waals surface area contributed by atoms with Crippen molar-refractivity contribution in [2.45, 2.75) is 6.42 Å². The summed E-state index contributed by atoms with van der Waals surface area (Å²) in [6.07, 6.45) is 5.46. The highest BCUT2D eigenvalue weighted by Gasteiger charge is 2.12. The summed E-state index contributed by atoms with van der Waals surface area (Å²) < 4.78 is 5.23. The molecule has 4 nitrogen and oxygen atoms in total. The third kappa shape index (κ3) is 3.74. The number of anilines is 1. The lowest BCUT2D eigenvalue weighted by atomic mass is 9.94. The van der Waals surface area contributed by atoms with Gasteiger partial charge in [-0.3, -0.25) is 4.79 Å². The minimum atomic E-state index is 0.657. The maximum Gasteiger partial charge on any atom is 0.151 e. The van der Waals surface area contributed by atoms with Crippen LogP contribution < -0.4 is 15.4 Å². The van der Waals surface area contributed by atoms with Gasteiger partial charge >= 0.3 is 0 Å². The van der Waals surface area contributed by atoms with Crippen LogP contribution in [-0.2, 0) is 4.79 Å². The van der Waals surface area contributed by atoms with Gasteiger partial charge < -0.3 is 15.4 Å². The Morgan fingerprint density at radius 1 is 1.12 bits per heavy atom. The van der Waals surface area contributed by atoms with Crippen LogP contribution in [0.15, 0.2) is 60.3 Å². The summed E-state index contributed by atoms with van der Waals surface area (Å²) in [5.74, 6) is 0.842. The smallest absolute Gasteiger partial charge is 0.151 e. The predicted molar refractivity (Wildman–Crippen MR) is 103 cm³/mol. The minimum Gasteiger partial charge on any atom is -0.497 e. The summed E-state index contributed by atoms with van der Waals surface area (Å²) >= 11 is 0. The van der Waals surface area contributed by atoms with E-state index < -0.39 is 0 Å². The van der Waals surface area contributed by atoms with Gasteiger partial charge in [0, 0.05) is 36.6 Å². The van der Waals surface area contributed by atoms with E-state index >= 15 is 0 Å². The van der Waals surface area contributed by atoms with Gasteiger partial charge in [-0.25, -0.2) is 0 Å². The molecule has 0 saturated heterocycles. The molecule has 0 amide bonds. The van der Waals surface area contributed by atoms with E-state index in [4.69, 9.17) is 4.74 Å². The summed E-state index contributed by atoms with van der Waals surface area (Å²) in [5, 5.41) is 6.42. The first-order valence-electron chi connectivity index (χ1n) is 8.31. The summed E-state index contributed by atoms with van der Waals surface area (Å²) in [4.78, 5) is 11.2. The number of rotatable bonds is 5. The van der Waals surface area contributed by atoms with Crippen LogP contribution in [0.25, 0.3) is 16.7 Å². The minimum absolute atomic E-state index is 0.657. The number of ether oxygens (including phenoxy) is 1. The van der Waals surface area contributed by atoms with Gasteiger partial charge in [-0.15, -0.1) is 0 Å². The van der Waals surface area contributed by atoms with E-state index in [0.29, 0.717) is 5.57 Å². The molecule has 0 unspecified atom stereocenters. The molecule has 2 aromatic carbocycles. The van der Waals surface area contributed by atoms with E-state index in [1.165, 1.54) is 0 Å². The van der Waals surface area contributed by atoms with E-state index in [-0.39, 0.29) is 0 Å². The number of hydrogen-bond donors (Lipinski definition) is 2. The zero-order valence-corrected chi connectivity index (χ0v) is 14.5. The second kappa shape index (κ2) is 7.71. The molecule has 0 fully saturated rings. The molecule has 0 aliphatic carbocycles. The van der Waals surface area contributed by atoms with Gasteiger partial charge in [0.2, 0.25) is 0 Å². The molecule has 1 aliphatic rings. The van der Waals surface area contributed by atoms with Crippen molar-refractivity contribution in [1.82, 2.24) is 5.32 Å². The number of nitrogens with one attached hydrogen (secondary N) is 2. The highest BCUT2D eigenvalue weighted by atomic mass is 16.5. The fraction of sp³-hybridized carbons (Fsp3) is 0.190. The Hall–Kier alpha value is -3.01. The largest absolute Gasteiger partial charge is 0.497 e. The number of methoxy groups -OCH3 is 1. The average Bonchev–Trinajstić information content (AvgIpc) is 2.93. The highest BCUT2D eigenvalue weighted by molar-refractivity contribution is 5.87. The Bertz CT molecular complexity index is 820. The fourth-order valence-electron chi connectivity index (χ4n) is 2.98. The summed E-state index contributed by atoms with van der Waals surface area (Å²) in [6, 6.07) is 14.4. The highest BCUT2D eigenvalue weighted by Crippen LogP contribution is 2.33. The Morgan fingerprint density at radius 2 is 1.88 bits per heavy atom. The second-order valence-electron chi connectivity index (χ2n) is 5.87. The maximum absolute atomic E-state index is 11.2. The first-order chi connectivity index (χ1) is 12.2. The molecule has 2 aromatic rings. The van der Waals surface area contributed by atoms with Crippen molar-refractivity contribution in [3.05, 3.63) is 65.9 Å². The van der Waals surface area contributed by atoms with Crippen molar-refractivity contribution in [3.63, 3.8) is 0 Å². The topological polar surface area (TPSA) is 50.4 Å². The molecule has 0 saturated carbocycles. The van der Waals surface area contributed by atoms with Gasteiger partial charge in [-0.05, 0) is 53.5 Å². The van der Waals surface area contributed by atoms with E-state index in [2.05, 4.69) is 41.0 Å². The second-order valence-corrected chi connectivity index (χ2v) is 5.87. The first-order valence-corrected chi connectivity index (χ1v) is 8.31. The van der Waals surface area contributed by atoms with Gasteiger partial charge in [0.25, 0.3) is 0 Å². The number of carbonyl (C=O) groups is 1. The van der Waals surface area contributed by atoms with Crippen LogP contribution in [0.1, 0.15) is 12.0 Å². The SMILES string of the molecule is CNc1ccc(-c2ccc(OC)cc2)cc1C1=CC(C=O)=CNCC1. The third-order valence-corrected chi connectivity index (χ3v) is 4.34. The van der Waals surface area contributed by atoms with Gasteiger partial charge in [-0.2, -0.15) is 0 Å². The Labute approximate surface area is 148 Å². The predicted octanol–water partition coefficient (Wildman–Crippen LogP) is 3.86. The number of carbonyl (C=O) groups excluding carboxylic acids is 1. The fourth-order valence-corrected chi connectivity index (χ4v) is 2.98. The van der Waals surface area contributed by atoms with E-state index in [0.717, 1.165) is 53.0 Å². The summed E-state index contributed by atoms with van der Waals surface area (Å²) in [6.45, 7) is 0.805. The monoisotopic (exact) mass is 334 g/mol. The van der Waals surface area contributed by atoms with Crippen molar-refractivity contribution in [2.24, 2.45) is 0 Å². The molecule has 0 atom stereocenters. The Morgan fingerprint density at radius 3 is 2.56 bits per heavy atom. The summed E-state index contributed by atoms with van der Waals surface area (Å²) in [5.41, 5.74) is 6.23. The molecule has 0 radical (unpaired) electrons. The van der Waals surface area contributed by atoms with Gasteiger partial charge in [0.15, 0.2) is 6.29 Å². The molecule has 1 aliphatic heterocycles. The molecule has 4 heteroatoms. The number of benzene rings is 2. The van der Waals surface area contributed by atoms with Crippen LogP contribution in [0.5, 0.6) is 5.75 Å². The van der Waals surface area contributed by atoms with E-state index in [9.17, 15) is 4.79 Å². The van der Waals surface area contributed by atoms with Crippen LogP contribution in [0.2, 0.25) is 0 Å². The van der Waals surface area contributed by atoms with Crippen LogP contribution in [0.4, 0.5) is 5.69 Å². The summed E-state index contributed by atoms with van der Waals surface area (Å²) in [7, 11) is 3.58. The molecule has 128 valence electrons. The maximum atomic E-state index is 11.2. The number of allylic oxidation sites excluding steroid dienone is 2. The van der Waals surface area contributed by atoms with Crippen molar-refractivity contribution < 1.29 is 9.53 Å². The quantitative estimate of drug-likeness (QED) is 0.815. The average molecular weight is 334 g/mol. The van der Waals surface area contributed by atoms with Crippen LogP contribution in [0.3, 0.4) is 0 Å². The Kier molecular flexibility index (Phi) is 5.19. The van der Waals surface area contributed by atoms with Crippen LogP contribution in [0, 0.1) is 0 Å². The zero-order valence-electron chi connectivity index (χ0n) is 14.5. The molecule has 0 spiro atoms. The lowest BCUT2D eigenvalue weighted by molar-refractivity contribution is -0.104. The van der Waals surface area contributed by atoms with Crippen molar-refractivity contribution in [2.75, 3.05) is 26.0 Å². The standard InChI is InChI=1S/C21H22N2O2/c1-22-21-8-5-17(16-3-6-19(25-2)7-4-16)12-20(21)18-9-10-23-13-15(11-18)14-24/h3-8,11-14,22-23H,9-10H2,1-2H3. The molecular weight excluding hydrogens is 312 g/mol. The number of aldehydes is 1. The van der Waals surface area contributed by atoms with Crippen molar-refractivity contribution in [3.8, 4) is 16.9 Å². The van der Waals surface area contributed by atoms with E-state index in [1.54, 1.807) is 13.3 Å². The molecule has 3 rings (SSSR count). The molecule has 0 bridgehead atoms. The van der Waals surface area contributed by atoms with E-state index in [1.807, 2.05) is 25.3 Å². The molecule has 2 N–H and O–H groups in total. The van der Waals surface area contributed by atoms with Gasteiger partial charge in [0.1, 0.15) is 5.75 Å². The Balaban J connectivity index is 2.04. The number of hydrogen-bond acceptors (Lipinski definition) is 4. The normalized spacial score (nSPS) is 13.8. The van der Waals surface area contributed by atoms with Crippen LogP contribution in [-0.4, -0.2) is 27.0 Å².